The van der Waals surface area contributed by atoms with Crippen molar-refractivity contribution in [3.05, 3.63) is 45.2 Å². The minimum Gasteiger partial charge on any atom is -0.370 e. The number of benzene rings is 1. The van der Waals surface area contributed by atoms with Crippen molar-refractivity contribution in [1.82, 2.24) is 15.2 Å². The maximum Gasteiger partial charge on any atom is 0.253 e. The maximum atomic E-state index is 12.9. The molecular weight excluding hydrogens is 396 g/mol. The van der Waals surface area contributed by atoms with Gasteiger partial charge in [0.1, 0.15) is 13.1 Å². The second-order valence-electron chi connectivity index (χ2n) is 8.73. The zero-order chi connectivity index (χ0) is 21.7. The molecule has 1 aromatic carbocycles. The zero-order valence-electron chi connectivity index (χ0n) is 18.6. The second-order valence-corrected chi connectivity index (χ2v) is 9.11. The first kappa shape index (κ1) is 22.7. The third-order valence-corrected chi connectivity index (χ3v) is 6.17. The Labute approximate surface area is 184 Å². The van der Waals surface area contributed by atoms with Gasteiger partial charge in [-0.3, -0.25) is 4.79 Å². The molecule has 1 aliphatic rings. The molecule has 3 N–H and O–H groups in total. The summed E-state index contributed by atoms with van der Waals surface area (Å²) in [4.78, 5) is 19.6. The highest BCUT2D eigenvalue weighted by molar-refractivity contribution is 7.80. The normalized spacial score (nSPS) is 15.0. The number of aryl methyl sites for hydroxylation is 2. The molecule has 1 aliphatic heterocycles. The van der Waals surface area contributed by atoms with Crippen molar-refractivity contribution < 1.29 is 9.64 Å². The molecule has 7 heteroatoms. The highest BCUT2D eigenvalue weighted by Gasteiger charge is 2.19. The molecule has 30 heavy (non-hydrogen) atoms. The lowest BCUT2D eigenvalue weighted by molar-refractivity contribution is -0.907. The van der Waals surface area contributed by atoms with Gasteiger partial charge in [-0.2, -0.15) is 0 Å². The van der Waals surface area contributed by atoms with Crippen LogP contribution in [0.1, 0.15) is 30.5 Å². The molecule has 1 fully saturated rings. The van der Waals surface area contributed by atoms with E-state index in [1.165, 1.54) is 4.90 Å². The molecule has 0 saturated carbocycles. The van der Waals surface area contributed by atoms with Crippen molar-refractivity contribution in [2.45, 2.75) is 34.2 Å². The number of ether oxygens (including phenoxy) is 1. The van der Waals surface area contributed by atoms with Gasteiger partial charge in [0.05, 0.1) is 38.4 Å². The number of hydrogen-bond donors (Lipinski definition) is 3. The lowest BCUT2D eigenvalue weighted by Crippen LogP contribution is -3.14. The van der Waals surface area contributed by atoms with E-state index in [-0.39, 0.29) is 5.56 Å². The quantitative estimate of drug-likeness (QED) is 0.579. The van der Waals surface area contributed by atoms with Crippen molar-refractivity contribution in [3.63, 3.8) is 0 Å². The van der Waals surface area contributed by atoms with Crippen LogP contribution in [0.2, 0.25) is 0 Å². The number of fused-ring (bicyclic) bond motifs is 1. The van der Waals surface area contributed by atoms with Gasteiger partial charge in [0.15, 0.2) is 5.11 Å². The van der Waals surface area contributed by atoms with E-state index in [0.717, 1.165) is 78.6 Å². The van der Waals surface area contributed by atoms with Crippen molar-refractivity contribution in [1.29, 1.82) is 0 Å². The molecule has 0 atom stereocenters. The molecule has 0 bridgehead atoms. The number of rotatable bonds is 7. The number of pyridine rings is 1. The topological polar surface area (TPSA) is 61.8 Å². The molecule has 0 amide bonds. The lowest BCUT2D eigenvalue weighted by Gasteiger charge is -2.30. The van der Waals surface area contributed by atoms with Crippen LogP contribution in [0.4, 0.5) is 0 Å². The summed E-state index contributed by atoms with van der Waals surface area (Å²) < 4.78 is 5.47. The number of quaternary nitrogens is 1. The van der Waals surface area contributed by atoms with Gasteiger partial charge < -0.3 is 24.8 Å². The Kier molecular flexibility index (Phi) is 7.86. The first-order chi connectivity index (χ1) is 14.3. The summed E-state index contributed by atoms with van der Waals surface area (Å²) in [5, 5.41) is 5.20. The summed E-state index contributed by atoms with van der Waals surface area (Å²) in [6, 6.07) is 6.19. The van der Waals surface area contributed by atoms with Crippen LogP contribution in [0.3, 0.4) is 0 Å². The number of morpholine rings is 1. The van der Waals surface area contributed by atoms with Gasteiger partial charge >= 0.3 is 0 Å². The number of hydrogen-bond acceptors (Lipinski definition) is 3. The molecule has 164 valence electrons. The monoisotopic (exact) mass is 431 g/mol. The first-order valence-corrected chi connectivity index (χ1v) is 11.3. The van der Waals surface area contributed by atoms with Crippen LogP contribution in [-0.4, -0.2) is 60.9 Å². The molecule has 0 aliphatic carbocycles. The SMILES string of the molecule is Cc1ccc(C)c2[nH]c(=O)c(CN(CC[NH+]3CCOCC3)C(=S)NCC(C)C)cc12. The van der Waals surface area contributed by atoms with E-state index in [4.69, 9.17) is 17.0 Å². The molecule has 6 nitrogen and oxygen atoms in total. The van der Waals surface area contributed by atoms with Crippen molar-refractivity contribution >= 4 is 28.2 Å². The molecule has 3 rings (SSSR count). The van der Waals surface area contributed by atoms with E-state index >= 15 is 0 Å². The Morgan fingerprint density at radius 1 is 1.27 bits per heavy atom. The Balaban J connectivity index is 1.81. The van der Waals surface area contributed by atoms with Gasteiger partial charge in [-0.25, -0.2) is 0 Å². The van der Waals surface area contributed by atoms with Gasteiger partial charge in [0, 0.05) is 17.5 Å². The number of aromatic amines is 1. The van der Waals surface area contributed by atoms with Gasteiger partial charge in [-0.05, 0) is 49.2 Å². The van der Waals surface area contributed by atoms with Crippen LogP contribution in [-0.2, 0) is 11.3 Å². The van der Waals surface area contributed by atoms with Crippen LogP contribution < -0.4 is 15.8 Å². The second kappa shape index (κ2) is 10.4. The van der Waals surface area contributed by atoms with E-state index in [1.54, 1.807) is 0 Å². The van der Waals surface area contributed by atoms with Crippen molar-refractivity contribution in [2.75, 3.05) is 45.9 Å². The fraction of sp³-hybridized carbons (Fsp3) is 0.565. The molecule has 0 spiro atoms. The van der Waals surface area contributed by atoms with Gasteiger partial charge in [-0.15, -0.1) is 0 Å². The van der Waals surface area contributed by atoms with Crippen LogP contribution in [0, 0.1) is 19.8 Å². The predicted molar refractivity (Wildman–Crippen MR) is 126 cm³/mol. The highest BCUT2D eigenvalue weighted by atomic mass is 32.1. The van der Waals surface area contributed by atoms with Crippen LogP contribution in [0.5, 0.6) is 0 Å². The summed E-state index contributed by atoms with van der Waals surface area (Å²) in [6.45, 7) is 15.2. The van der Waals surface area contributed by atoms with E-state index in [2.05, 4.69) is 48.1 Å². The molecule has 0 unspecified atom stereocenters. The van der Waals surface area contributed by atoms with E-state index in [0.29, 0.717) is 12.5 Å². The average molecular weight is 432 g/mol. The molecule has 0 radical (unpaired) electrons. The highest BCUT2D eigenvalue weighted by Crippen LogP contribution is 2.20. The van der Waals surface area contributed by atoms with Crippen LogP contribution >= 0.6 is 12.2 Å². The lowest BCUT2D eigenvalue weighted by atomic mass is 10.0. The first-order valence-electron chi connectivity index (χ1n) is 10.9. The molecule has 1 saturated heterocycles. The largest absolute Gasteiger partial charge is 0.370 e. The summed E-state index contributed by atoms with van der Waals surface area (Å²) in [5.74, 6) is 0.504. The smallest absolute Gasteiger partial charge is 0.253 e. The maximum absolute atomic E-state index is 12.9. The number of thiocarbonyl (C=S) groups is 1. The van der Waals surface area contributed by atoms with Crippen LogP contribution in [0.25, 0.3) is 10.9 Å². The Bertz CT molecular complexity index is 935. The number of nitrogens with one attached hydrogen (secondary N) is 3. The summed E-state index contributed by atoms with van der Waals surface area (Å²) >= 11 is 5.71. The van der Waals surface area contributed by atoms with Crippen LogP contribution in [0.15, 0.2) is 23.0 Å². The summed E-state index contributed by atoms with van der Waals surface area (Å²) in [5.41, 5.74) is 3.89. The van der Waals surface area contributed by atoms with Gasteiger partial charge in [-0.1, -0.05) is 26.0 Å². The predicted octanol–water partition coefficient (Wildman–Crippen LogP) is 1.39. The van der Waals surface area contributed by atoms with Crippen molar-refractivity contribution in [2.24, 2.45) is 5.92 Å². The fourth-order valence-corrected chi connectivity index (χ4v) is 4.04. The van der Waals surface area contributed by atoms with E-state index in [9.17, 15) is 4.79 Å². The van der Waals surface area contributed by atoms with Gasteiger partial charge in [0.2, 0.25) is 0 Å². The van der Waals surface area contributed by atoms with E-state index < -0.39 is 0 Å². The number of aromatic nitrogens is 1. The van der Waals surface area contributed by atoms with Crippen molar-refractivity contribution in [3.8, 4) is 0 Å². The molecule has 1 aromatic heterocycles. The molecule has 2 aromatic rings. The summed E-state index contributed by atoms with van der Waals surface area (Å²) in [6.07, 6.45) is 0. The van der Waals surface area contributed by atoms with Gasteiger partial charge in [0.25, 0.3) is 5.56 Å². The third kappa shape index (κ3) is 5.80. The molecule has 2 heterocycles. The van der Waals surface area contributed by atoms with E-state index in [1.807, 2.05) is 13.0 Å². The standard InChI is InChI=1S/C23H34N4O2S/c1-16(2)14-24-23(30)27(8-7-26-9-11-29-12-10-26)15-19-13-20-17(3)5-6-18(4)21(20)25-22(19)28/h5-6,13,16H,7-12,14-15H2,1-4H3,(H,24,30)(H,25,28)/p+1. The number of nitrogens with zero attached hydrogens (tertiary/aromatic N) is 1. The third-order valence-electron chi connectivity index (χ3n) is 5.77. The molecular formula is C23H35N4O2S+. The average Bonchev–Trinajstić information content (AvgIpc) is 2.73. The Morgan fingerprint density at radius 2 is 1.97 bits per heavy atom. The minimum absolute atomic E-state index is 0.0356. The fourth-order valence-electron chi connectivity index (χ4n) is 3.80. The minimum atomic E-state index is -0.0356. The zero-order valence-corrected chi connectivity index (χ0v) is 19.5. The number of H-pyrrole nitrogens is 1. The Morgan fingerprint density at radius 3 is 2.67 bits per heavy atom. The Hall–Kier alpha value is -1.96. The summed E-state index contributed by atoms with van der Waals surface area (Å²) in [7, 11) is 0.